The molecular formula is C23H24F3N7O3S. The van der Waals surface area contributed by atoms with Crippen LogP contribution in [0.15, 0.2) is 47.7 Å². The van der Waals surface area contributed by atoms with Crippen LogP contribution in [-0.2, 0) is 6.18 Å². The Morgan fingerprint density at radius 3 is 2.41 bits per heavy atom. The van der Waals surface area contributed by atoms with Crippen molar-refractivity contribution < 1.29 is 23.1 Å². The first-order valence-electron chi connectivity index (χ1n) is 11.3. The Bertz CT molecular complexity index is 1470. The summed E-state index contributed by atoms with van der Waals surface area (Å²) < 4.78 is 41.3. The minimum Gasteiger partial charge on any atom is -0.478 e. The summed E-state index contributed by atoms with van der Waals surface area (Å²) in [5.74, 6) is -0.866. The second-order valence-electron chi connectivity index (χ2n) is 8.80. The molecule has 1 fully saturated rings. The number of carboxylic acid groups (broad SMARTS) is 1. The number of nitrogens with one attached hydrogen (secondary N) is 1. The van der Waals surface area contributed by atoms with Crippen molar-refractivity contribution in [3.05, 3.63) is 64.3 Å². The van der Waals surface area contributed by atoms with Crippen LogP contribution in [0.2, 0.25) is 0 Å². The van der Waals surface area contributed by atoms with Gasteiger partial charge in [0.05, 0.1) is 29.6 Å². The molecule has 14 heteroatoms. The van der Waals surface area contributed by atoms with E-state index in [1.807, 2.05) is 6.92 Å². The van der Waals surface area contributed by atoms with Crippen LogP contribution in [-0.4, -0.2) is 53.7 Å². The van der Waals surface area contributed by atoms with Crippen LogP contribution in [0.25, 0.3) is 17.0 Å². The van der Waals surface area contributed by atoms with E-state index in [0.717, 1.165) is 36.9 Å². The van der Waals surface area contributed by atoms with Gasteiger partial charge in [0.25, 0.3) is 5.56 Å². The lowest BCUT2D eigenvalue weighted by molar-refractivity contribution is -0.137. The summed E-state index contributed by atoms with van der Waals surface area (Å²) in [6.07, 6.45) is 1.10. The maximum Gasteiger partial charge on any atom is 0.416 e. The molecule has 0 amide bonds. The lowest BCUT2D eigenvalue weighted by Gasteiger charge is -2.36. The zero-order valence-corrected chi connectivity index (χ0v) is 20.6. The van der Waals surface area contributed by atoms with Gasteiger partial charge >= 0.3 is 12.1 Å². The van der Waals surface area contributed by atoms with Gasteiger partial charge in [-0.15, -0.1) is 0 Å². The topological polar surface area (TPSA) is 122 Å². The zero-order valence-electron chi connectivity index (χ0n) is 19.6. The summed E-state index contributed by atoms with van der Waals surface area (Å²) in [4.78, 5) is 33.1. The number of anilines is 1. The average Bonchev–Trinajstić information content (AvgIpc) is 3.51. The summed E-state index contributed by atoms with van der Waals surface area (Å²) in [5.41, 5.74) is 0.282. The summed E-state index contributed by atoms with van der Waals surface area (Å²) in [5, 5.41) is 17.4. The predicted molar refractivity (Wildman–Crippen MR) is 134 cm³/mol. The summed E-state index contributed by atoms with van der Waals surface area (Å²) in [6, 6.07) is 5.07. The minimum atomic E-state index is -4.36. The van der Waals surface area contributed by atoms with Crippen molar-refractivity contribution in [2.75, 3.05) is 18.0 Å². The number of fused-ring (bicyclic) bond motifs is 1. The van der Waals surface area contributed by atoms with E-state index >= 15 is 0 Å². The number of aromatic nitrogens is 6. The third-order valence-corrected chi connectivity index (χ3v) is 6.66. The summed E-state index contributed by atoms with van der Waals surface area (Å²) >= 11 is 0. The molecule has 10 nitrogen and oxygen atoms in total. The quantitative estimate of drug-likeness (QED) is 0.400. The van der Waals surface area contributed by atoms with Crippen LogP contribution in [0.1, 0.15) is 41.7 Å². The van der Waals surface area contributed by atoms with Crippen molar-refractivity contribution in [1.29, 1.82) is 0 Å². The number of halogens is 3. The van der Waals surface area contributed by atoms with Crippen LogP contribution >= 0.6 is 13.5 Å². The van der Waals surface area contributed by atoms with Crippen molar-refractivity contribution in [3.63, 3.8) is 0 Å². The molecule has 4 aromatic rings. The van der Waals surface area contributed by atoms with E-state index in [4.69, 9.17) is 5.11 Å². The van der Waals surface area contributed by atoms with Gasteiger partial charge in [-0.05, 0) is 49.9 Å². The van der Waals surface area contributed by atoms with Gasteiger partial charge in [-0.2, -0.15) is 36.9 Å². The number of aromatic amines is 1. The predicted octanol–water partition coefficient (Wildman–Crippen LogP) is 3.61. The number of H-pyrrole nitrogens is 1. The second kappa shape index (κ2) is 9.92. The fraction of sp³-hybridized carbons (Fsp3) is 0.348. The van der Waals surface area contributed by atoms with Gasteiger partial charge in [0, 0.05) is 25.0 Å². The van der Waals surface area contributed by atoms with Gasteiger partial charge in [0.15, 0.2) is 5.52 Å². The molecule has 0 spiro atoms. The summed E-state index contributed by atoms with van der Waals surface area (Å²) in [7, 11) is 0. The Labute approximate surface area is 215 Å². The van der Waals surface area contributed by atoms with Gasteiger partial charge < -0.3 is 10.0 Å². The van der Waals surface area contributed by atoms with Gasteiger partial charge in [-0.3, -0.25) is 14.5 Å². The molecular weight excluding hydrogens is 511 g/mol. The lowest BCUT2D eigenvalue weighted by atomic mass is 9.90. The number of rotatable bonds is 5. The Kier molecular flexibility index (Phi) is 7.04. The lowest BCUT2D eigenvalue weighted by Crippen LogP contribution is -2.36. The molecule has 4 heterocycles. The molecule has 0 bridgehead atoms. The van der Waals surface area contributed by atoms with Crippen molar-refractivity contribution in [2.24, 2.45) is 5.92 Å². The number of piperidine rings is 1. The Morgan fingerprint density at radius 2 is 1.81 bits per heavy atom. The van der Waals surface area contributed by atoms with Crippen LogP contribution in [0.4, 0.5) is 18.9 Å². The third kappa shape index (κ3) is 5.05. The molecule has 196 valence electrons. The molecule has 1 aliphatic rings. The van der Waals surface area contributed by atoms with Crippen molar-refractivity contribution in [3.8, 4) is 5.95 Å². The highest BCUT2D eigenvalue weighted by molar-refractivity contribution is 7.59. The number of carboxylic acids is 1. The van der Waals surface area contributed by atoms with E-state index in [1.54, 1.807) is 4.68 Å². The van der Waals surface area contributed by atoms with E-state index < -0.39 is 23.3 Å². The molecule has 0 unspecified atom stereocenters. The maximum atomic E-state index is 12.9. The number of aromatic carboxylic acids is 1. The smallest absolute Gasteiger partial charge is 0.416 e. The third-order valence-electron chi connectivity index (χ3n) is 6.66. The summed E-state index contributed by atoms with van der Waals surface area (Å²) in [6.45, 7) is 3.32. The van der Waals surface area contributed by atoms with Crippen molar-refractivity contribution >= 4 is 36.2 Å². The van der Waals surface area contributed by atoms with Crippen LogP contribution in [0.3, 0.4) is 0 Å². The zero-order chi connectivity index (χ0) is 25.6. The second-order valence-corrected chi connectivity index (χ2v) is 8.80. The van der Waals surface area contributed by atoms with Crippen molar-refractivity contribution in [1.82, 2.24) is 29.5 Å². The number of hydrogen-bond acceptors (Lipinski definition) is 6. The highest BCUT2D eigenvalue weighted by Crippen LogP contribution is 2.34. The number of hydrogen-bond donors (Lipinski definition) is 2. The largest absolute Gasteiger partial charge is 0.478 e. The molecule has 1 aromatic carbocycles. The molecule has 37 heavy (non-hydrogen) atoms. The molecule has 1 saturated heterocycles. The number of nitrogens with zero attached hydrogens (tertiary/aromatic N) is 6. The molecule has 0 radical (unpaired) electrons. The van der Waals surface area contributed by atoms with Gasteiger partial charge in [0.2, 0.25) is 5.95 Å². The standard InChI is InChI=1S/C23H22F3N7O3.H2S/c1-13(14-6-8-31(9-7-14)17-4-2-16(3-5-17)23(24,25)26)33-19-18(11-28-33)29-22(30-20(19)34)32-12-15(10-27-32)21(35)36;/h2-5,10-14H,6-9H2,1H3,(H,35,36)(H,29,30,34);1H2/t13-;/m0./s1. The van der Waals surface area contributed by atoms with Crippen LogP contribution in [0, 0.1) is 5.92 Å². The molecule has 2 N–H and O–H groups in total. The normalized spacial score (nSPS) is 15.5. The molecule has 5 rings (SSSR count). The van der Waals surface area contributed by atoms with Crippen LogP contribution in [0.5, 0.6) is 0 Å². The van der Waals surface area contributed by atoms with Gasteiger partial charge in [0.1, 0.15) is 5.52 Å². The molecule has 1 aliphatic heterocycles. The van der Waals surface area contributed by atoms with E-state index in [2.05, 4.69) is 25.1 Å². The van der Waals surface area contributed by atoms with E-state index in [0.29, 0.717) is 24.1 Å². The average molecular weight is 536 g/mol. The first kappa shape index (κ1) is 26.3. The number of carbonyl (C=O) groups is 1. The highest BCUT2D eigenvalue weighted by atomic mass is 32.1. The number of benzene rings is 1. The monoisotopic (exact) mass is 535 g/mol. The van der Waals surface area contributed by atoms with E-state index in [9.17, 15) is 22.8 Å². The van der Waals surface area contributed by atoms with Gasteiger partial charge in [-0.25, -0.2) is 14.5 Å². The minimum absolute atomic E-state index is 0. The first-order valence-corrected chi connectivity index (χ1v) is 11.3. The molecule has 0 saturated carbocycles. The molecule has 0 aliphatic carbocycles. The van der Waals surface area contributed by atoms with Crippen LogP contribution < -0.4 is 10.5 Å². The highest BCUT2D eigenvalue weighted by Gasteiger charge is 2.31. The first-order chi connectivity index (χ1) is 17.1. The maximum absolute atomic E-state index is 12.9. The van der Waals surface area contributed by atoms with E-state index in [-0.39, 0.29) is 37.0 Å². The van der Waals surface area contributed by atoms with Crippen molar-refractivity contribution in [2.45, 2.75) is 32.0 Å². The Balaban J connectivity index is 0.00000320. The Morgan fingerprint density at radius 1 is 1.14 bits per heavy atom. The van der Waals surface area contributed by atoms with E-state index in [1.165, 1.54) is 29.2 Å². The SMILES string of the molecule is C[C@@H](C1CCN(c2ccc(C(F)(F)F)cc2)CC1)n1ncc2nc(-n3cc(C(=O)O)cn3)[nH]c(=O)c21.S. The molecule has 1 atom stereocenters. The number of alkyl halides is 3. The van der Waals surface area contributed by atoms with Gasteiger partial charge in [-0.1, -0.05) is 0 Å². The fourth-order valence-electron chi connectivity index (χ4n) is 4.63. The molecule has 3 aromatic heterocycles. The fourth-order valence-corrected chi connectivity index (χ4v) is 4.63. The Hall–Kier alpha value is -3.81.